The van der Waals surface area contributed by atoms with Gasteiger partial charge in [0, 0.05) is 25.8 Å². The lowest BCUT2D eigenvalue weighted by atomic mass is 9.90. The van der Waals surface area contributed by atoms with E-state index in [9.17, 15) is 14.7 Å². The summed E-state index contributed by atoms with van der Waals surface area (Å²) in [5.41, 5.74) is 7.05. The molecule has 0 saturated carbocycles. The van der Waals surface area contributed by atoms with Crippen LogP contribution >= 0.6 is 11.3 Å². The molecule has 8 nitrogen and oxygen atoms in total. The summed E-state index contributed by atoms with van der Waals surface area (Å²) in [6.07, 6.45) is 4.87. The molecule has 0 radical (unpaired) electrons. The summed E-state index contributed by atoms with van der Waals surface area (Å²) in [7, 11) is 0. The molecular weight excluding hydrogens is 464 g/mol. The Bertz CT molecular complexity index is 976. The molecule has 3 N–H and O–H groups in total. The number of nitrogens with zero attached hydrogens (tertiary/aromatic N) is 2. The quantitative estimate of drug-likeness (QED) is 0.481. The van der Waals surface area contributed by atoms with Gasteiger partial charge in [-0.25, -0.2) is 0 Å². The molecule has 2 amide bonds. The van der Waals surface area contributed by atoms with Gasteiger partial charge in [-0.2, -0.15) is 0 Å². The summed E-state index contributed by atoms with van der Waals surface area (Å²) >= 11 is 1.62. The molecule has 1 aromatic heterocycles. The van der Waals surface area contributed by atoms with Gasteiger partial charge in [-0.1, -0.05) is 52.0 Å². The summed E-state index contributed by atoms with van der Waals surface area (Å²) in [5, 5.41) is 12.2. The van der Waals surface area contributed by atoms with Crippen molar-refractivity contribution in [1.29, 1.82) is 0 Å². The molecule has 3 atom stereocenters. The number of hydroxylamine groups is 1. The Balaban J connectivity index is 0.000000203. The van der Waals surface area contributed by atoms with Gasteiger partial charge in [0.15, 0.2) is 0 Å². The Kier molecular flexibility index (Phi) is 9.83. The van der Waals surface area contributed by atoms with Crippen molar-refractivity contribution in [3.8, 4) is 10.4 Å². The Morgan fingerprint density at radius 2 is 2.06 bits per heavy atom. The zero-order valence-corrected chi connectivity index (χ0v) is 21.6. The highest BCUT2D eigenvalue weighted by Crippen LogP contribution is 2.29. The van der Waals surface area contributed by atoms with Crippen molar-refractivity contribution in [2.45, 2.75) is 52.8 Å². The number of amides is 2. The molecular formula is C26H36N4O4S. The molecule has 2 aromatic rings. The van der Waals surface area contributed by atoms with Gasteiger partial charge in [0.1, 0.15) is 11.7 Å². The average molecular weight is 501 g/mol. The first-order valence-electron chi connectivity index (χ1n) is 12.1. The van der Waals surface area contributed by atoms with E-state index in [1.165, 1.54) is 0 Å². The lowest BCUT2D eigenvalue weighted by molar-refractivity contribution is -0.136. The fourth-order valence-electron chi connectivity index (χ4n) is 4.06. The molecule has 0 bridgehead atoms. The van der Waals surface area contributed by atoms with Crippen LogP contribution in [0.25, 0.3) is 10.4 Å². The van der Waals surface area contributed by atoms with Gasteiger partial charge in [-0.15, -0.1) is 16.8 Å². The van der Waals surface area contributed by atoms with Crippen molar-refractivity contribution in [1.82, 2.24) is 20.7 Å². The maximum Gasteiger partial charge on any atom is 0.233 e. The van der Waals surface area contributed by atoms with E-state index in [1.54, 1.807) is 16.2 Å². The van der Waals surface area contributed by atoms with E-state index in [1.807, 2.05) is 55.9 Å². The van der Waals surface area contributed by atoms with Gasteiger partial charge in [-0.05, 0) is 35.5 Å². The number of β-amino-alcohol motifs (C(OH)–C–C–N with tert-alkyl or cyclic N) is 1. The highest BCUT2D eigenvalue weighted by molar-refractivity contribution is 7.13. The number of aliphatic hydroxyl groups is 1. The van der Waals surface area contributed by atoms with E-state index < -0.39 is 0 Å². The Labute approximate surface area is 211 Å². The molecule has 190 valence electrons. The number of thiazole rings is 1. The third-order valence-electron chi connectivity index (χ3n) is 6.15. The van der Waals surface area contributed by atoms with Crippen molar-refractivity contribution >= 4 is 23.7 Å². The van der Waals surface area contributed by atoms with Crippen LogP contribution in [0.3, 0.4) is 0 Å². The van der Waals surface area contributed by atoms with Gasteiger partial charge < -0.3 is 20.2 Å². The number of hydrogen-bond acceptors (Lipinski definition) is 7. The van der Waals surface area contributed by atoms with E-state index in [0.29, 0.717) is 38.4 Å². The Hall–Kier alpha value is -2.75. The third kappa shape index (κ3) is 7.37. The molecule has 3 unspecified atom stereocenters. The SMILES string of the molecule is CC(C)C1C=C(C(C(=O)N2CCC(O)C2)C(C)C)ON1.O=CNCc1ccc(-c2cncs2)cc1. The van der Waals surface area contributed by atoms with Crippen LogP contribution < -0.4 is 10.8 Å². The number of carbonyl (C=O) groups is 2. The number of nitrogens with one attached hydrogen (secondary N) is 2. The average Bonchev–Trinajstić information content (AvgIpc) is 3.60. The summed E-state index contributed by atoms with van der Waals surface area (Å²) in [5.74, 6) is 1.11. The van der Waals surface area contributed by atoms with E-state index in [0.717, 1.165) is 21.8 Å². The number of aliphatic hydroxyl groups excluding tert-OH is 1. The second kappa shape index (κ2) is 12.8. The minimum Gasteiger partial charge on any atom is -0.412 e. The van der Waals surface area contributed by atoms with Gasteiger partial charge in [0.25, 0.3) is 0 Å². The lowest BCUT2D eigenvalue weighted by Gasteiger charge is -2.25. The zero-order valence-electron chi connectivity index (χ0n) is 20.8. The van der Waals surface area contributed by atoms with Gasteiger partial charge in [0.2, 0.25) is 12.3 Å². The van der Waals surface area contributed by atoms with Gasteiger partial charge in [0.05, 0.1) is 22.5 Å². The molecule has 2 aliphatic heterocycles. The van der Waals surface area contributed by atoms with Crippen LogP contribution in [0.15, 0.2) is 47.8 Å². The summed E-state index contributed by atoms with van der Waals surface area (Å²) in [4.78, 5) is 35.3. The lowest BCUT2D eigenvalue weighted by Crippen LogP contribution is -2.38. The van der Waals surface area contributed by atoms with Crippen molar-refractivity contribution in [3.05, 3.63) is 53.4 Å². The fourth-order valence-corrected chi connectivity index (χ4v) is 4.68. The molecule has 9 heteroatoms. The molecule has 1 fully saturated rings. The molecule has 3 heterocycles. The van der Waals surface area contributed by atoms with Gasteiger partial charge in [-0.3, -0.25) is 14.6 Å². The highest BCUT2D eigenvalue weighted by atomic mass is 32.1. The number of rotatable bonds is 8. The molecule has 0 spiro atoms. The first-order chi connectivity index (χ1) is 16.8. The van der Waals surface area contributed by atoms with Crippen LogP contribution in [-0.2, 0) is 21.0 Å². The van der Waals surface area contributed by atoms with Crippen molar-refractivity contribution in [2.75, 3.05) is 13.1 Å². The highest BCUT2D eigenvalue weighted by Gasteiger charge is 2.37. The van der Waals surface area contributed by atoms with Crippen LogP contribution in [0.1, 0.15) is 39.7 Å². The largest absolute Gasteiger partial charge is 0.412 e. The molecule has 35 heavy (non-hydrogen) atoms. The third-order valence-corrected chi connectivity index (χ3v) is 6.97. The molecule has 1 saturated heterocycles. The van der Waals surface area contributed by atoms with Crippen LogP contribution in [0.4, 0.5) is 0 Å². The maximum absolute atomic E-state index is 12.7. The second-order valence-electron chi connectivity index (χ2n) is 9.57. The van der Waals surface area contributed by atoms with Crippen LogP contribution in [0, 0.1) is 17.8 Å². The Morgan fingerprint density at radius 1 is 1.31 bits per heavy atom. The van der Waals surface area contributed by atoms with E-state index in [-0.39, 0.29) is 29.9 Å². The topological polar surface area (TPSA) is 104 Å². The second-order valence-corrected chi connectivity index (χ2v) is 10.5. The maximum atomic E-state index is 12.7. The predicted octanol–water partition coefficient (Wildman–Crippen LogP) is 3.35. The number of aromatic nitrogens is 1. The fraction of sp³-hybridized carbons (Fsp3) is 0.500. The van der Waals surface area contributed by atoms with Crippen molar-refractivity contribution in [2.24, 2.45) is 17.8 Å². The van der Waals surface area contributed by atoms with E-state index >= 15 is 0 Å². The van der Waals surface area contributed by atoms with E-state index in [4.69, 9.17) is 4.84 Å². The minimum atomic E-state index is -0.383. The zero-order chi connectivity index (χ0) is 25.4. The smallest absolute Gasteiger partial charge is 0.233 e. The van der Waals surface area contributed by atoms with E-state index in [2.05, 4.69) is 29.6 Å². The van der Waals surface area contributed by atoms with Crippen LogP contribution in [-0.4, -0.2) is 52.5 Å². The van der Waals surface area contributed by atoms with Crippen molar-refractivity contribution in [3.63, 3.8) is 0 Å². The molecule has 0 aliphatic carbocycles. The van der Waals surface area contributed by atoms with Crippen LogP contribution in [0.5, 0.6) is 0 Å². The number of carbonyl (C=O) groups excluding carboxylic acids is 2. The first-order valence-corrected chi connectivity index (χ1v) is 12.9. The normalized spacial score (nSPS) is 20.2. The number of benzene rings is 1. The summed E-state index contributed by atoms with van der Waals surface area (Å²) < 4.78 is 0. The van der Waals surface area contributed by atoms with Gasteiger partial charge >= 0.3 is 0 Å². The number of hydrogen-bond donors (Lipinski definition) is 3. The molecule has 4 rings (SSSR count). The van der Waals surface area contributed by atoms with Crippen molar-refractivity contribution < 1.29 is 19.5 Å². The van der Waals surface area contributed by atoms with Crippen LogP contribution in [0.2, 0.25) is 0 Å². The molecule has 2 aliphatic rings. The summed E-state index contributed by atoms with van der Waals surface area (Å²) in [6.45, 7) is 9.94. The predicted molar refractivity (Wildman–Crippen MR) is 137 cm³/mol. The molecule has 1 aromatic carbocycles. The number of likely N-dealkylation sites (tertiary alicyclic amines) is 1. The summed E-state index contributed by atoms with van der Waals surface area (Å²) in [6, 6.07) is 8.24. The standard InChI is InChI=1S/C15H26N2O3.C11H10N2OS/c1-9(2)12-7-13(20-16-12)14(10(3)4)15(19)17-6-5-11(18)8-17;14-7-12-5-9-1-3-10(4-2-9)11-6-13-8-15-11/h7,9-12,14,16,18H,5-6,8H2,1-4H3;1-4,6-8H,5H2,(H,12,14). The monoisotopic (exact) mass is 500 g/mol. The first kappa shape index (κ1) is 26.8. The minimum absolute atomic E-state index is 0.0639. The Morgan fingerprint density at radius 3 is 2.57 bits per heavy atom.